The van der Waals surface area contributed by atoms with E-state index in [1.165, 1.54) is 22.1 Å². The van der Waals surface area contributed by atoms with Gasteiger partial charge in [-0.25, -0.2) is 0 Å². The molecule has 0 fully saturated rings. The van der Waals surface area contributed by atoms with E-state index in [1.54, 1.807) is 7.11 Å². The van der Waals surface area contributed by atoms with Crippen LogP contribution in [0.2, 0.25) is 0 Å². The van der Waals surface area contributed by atoms with E-state index in [0.29, 0.717) is 0 Å². The lowest BCUT2D eigenvalue weighted by molar-refractivity contribution is 0.199. The lowest BCUT2D eigenvalue weighted by Gasteiger charge is -2.19. The van der Waals surface area contributed by atoms with Crippen LogP contribution in [0.5, 0.6) is 0 Å². The molecule has 3 nitrogen and oxygen atoms in total. The molecule has 0 radical (unpaired) electrons. The number of ether oxygens (including phenoxy) is 1. The fraction of sp³-hybridized carbons (Fsp3) is 0.529. The van der Waals surface area contributed by atoms with Crippen LogP contribution in [0.15, 0.2) is 22.8 Å². The number of rotatable bonds is 5. The molecular formula is C17H25NO2. The number of fused-ring (bicyclic) bond motifs is 1. The first-order valence-corrected chi connectivity index (χ1v) is 7.15. The van der Waals surface area contributed by atoms with Gasteiger partial charge in [0, 0.05) is 36.7 Å². The smallest absolute Gasteiger partial charge is 0.138 e. The Kier molecular flexibility index (Phi) is 4.51. The minimum atomic E-state index is 0.0878. The summed E-state index contributed by atoms with van der Waals surface area (Å²) < 4.78 is 10.9. The highest BCUT2D eigenvalue weighted by molar-refractivity contribution is 5.87. The molecular weight excluding hydrogens is 250 g/mol. The van der Waals surface area contributed by atoms with E-state index in [0.717, 1.165) is 25.3 Å². The molecule has 3 heteroatoms. The van der Waals surface area contributed by atoms with Gasteiger partial charge < -0.3 is 14.5 Å². The van der Waals surface area contributed by atoms with Gasteiger partial charge in [0.1, 0.15) is 5.58 Å². The highest BCUT2D eigenvalue weighted by Gasteiger charge is 2.21. The molecule has 0 atom stereocenters. The summed E-state index contributed by atoms with van der Waals surface area (Å²) in [5.41, 5.74) is 4.87. The highest BCUT2D eigenvalue weighted by atomic mass is 16.5. The summed E-state index contributed by atoms with van der Waals surface area (Å²) in [6.07, 6.45) is 1.88. The summed E-state index contributed by atoms with van der Waals surface area (Å²) in [5.74, 6) is 0. The Labute approximate surface area is 121 Å². The van der Waals surface area contributed by atoms with E-state index in [2.05, 4.69) is 45.1 Å². The Hall–Kier alpha value is -1.32. The van der Waals surface area contributed by atoms with E-state index in [-0.39, 0.29) is 5.41 Å². The van der Waals surface area contributed by atoms with Crippen LogP contribution >= 0.6 is 0 Å². The van der Waals surface area contributed by atoms with Crippen molar-refractivity contribution in [2.75, 3.05) is 20.3 Å². The Morgan fingerprint density at radius 3 is 2.65 bits per heavy atom. The third kappa shape index (κ3) is 3.05. The van der Waals surface area contributed by atoms with Crippen LogP contribution in [0.25, 0.3) is 11.0 Å². The Morgan fingerprint density at radius 2 is 2.00 bits per heavy atom. The van der Waals surface area contributed by atoms with E-state index < -0.39 is 0 Å². The van der Waals surface area contributed by atoms with Crippen molar-refractivity contribution in [2.24, 2.45) is 0 Å². The number of benzene rings is 1. The first kappa shape index (κ1) is 15.1. The third-order valence-electron chi connectivity index (χ3n) is 3.61. The molecule has 0 aliphatic heterocycles. The van der Waals surface area contributed by atoms with Crippen molar-refractivity contribution in [3.63, 3.8) is 0 Å². The normalized spacial score (nSPS) is 12.2. The lowest BCUT2D eigenvalue weighted by atomic mass is 9.85. The van der Waals surface area contributed by atoms with Crippen molar-refractivity contribution >= 4 is 11.0 Å². The van der Waals surface area contributed by atoms with Crippen molar-refractivity contribution in [3.05, 3.63) is 35.1 Å². The number of hydrogen-bond donors (Lipinski definition) is 1. The molecule has 1 N–H and O–H groups in total. The summed E-state index contributed by atoms with van der Waals surface area (Å²) in [6.45, 7) is 11.2. The van der Waals surface area contributed by atoms with Crippen molar-refractivity contribution in [2.45, 2.75) is 39.7 Å². The summed E-state index contributed by atoms with van der Waals surface area (Å²) >= 11 is 0. The molecule has 0 aliphatic rings. The molecule has 1 heterocycles. The van der Waals surface area contributed by atoms with E-state index in [4.69, 9.17) is 9.15 Å². The molecule has 110 valence electrons. The number of methoxy groups -OCH3 is 1. The molecule has 20 heavy (non-hydrogen) atoms. The van der Waals surface area contributed by atoms with Crippen LogP contribution in [0.3, 0.4) is 0 Å². The number of aryl methyl sites for hydroxylation is 1. The van der Waals surface area contributed by atoms with E-state index in [1.807, 2.05) is 6.26 Å². The lowest BCUT2D eigenvalue weighted by Crippen LogP contribution is -2.18. The molecule has 0 aliphatic carbocycles. The molecule has 0 amide bonds. The molecule has 1 aromatic carbocycles. The zero-order valence-electron chi connectivity index (χ0n) is 13.2. The van der Waals surface area contributed by atoms with Gasteiger partial charge in [0.15, 0.2) is 0 Å². The summed E-state index contributed by atoms with van der Waals surface area (Å²) in [5, 5.41) is 4.63. The van der Waals surface area contributed by atoms with Gasteiger partial charge in [-0.2, -0.15) is 0 Å². The van der Waals surface area contributed by atoms with Crippen molar-refractivity contribution in [1.29, 1.82) is 0 Å². The molecule has 0 saturated heterocycles. The predicted octanol–water partition coefficient (Wildman–Crippen LogP) is 3.77. The van der Waals surface area contributed by atoms with Crippen LogP contribution < -0.4 is 5.32 Å². The van der Waals surface area contributed by atoms with Crippen molar-refractivity contribution in [1.82, 2.24) is 5.32 Å². The van der Waals surface area contributed by atoms with Crippen molar-refractivity contribution < 1.29 is 9.15 Å². The molecule has 0 bridgehead atoms. The van der Waals surface area contributed by atoms with E-state index >= 15 is 0 Å². The second-order valence-corrected chi connectivity index (χ2v) is 6.31. The fourth-order valence-corrected chi connectivity index (χ4v) is 2.51. The molecule has 0 spiro atoms. The number of furan rings is 1. The topological polar surface area (TPSA) is 34.4 Å². The van der Waals surface area contributed by atoms with Crippen LogP contribution in [-0.4, -0.2) is 20.3 Å². The maximum Gasteiger partial charge on any atom is 0.138 e. The standard InChI is InChI=1S/C17H25NO2/c1-12-6-7-14(17(2,3)4)16-15(12)13(11-20-16)10-18-8-9-19-5/h6-7,11,18H,8-10H2,1-5H3. The van der Waals surface area contributed by atoms with Crippen LogP contribution in [0.1, 0.15) is 37.5 Å². The van der Waals surface area contributed by atoms with Gasteiger partial charge in [-0.05, 0) is 17.9 Å². The maximum atomic E-state index is 5.87. The van der Waals surface area contributed by atoms with Crippen LogP contribution in [0, 0.1) is 6.92 Å². The largest absolute Gasteiger partial charge is 0.464 e. The second kappa shape index (κ2) is 5.98. The second-order valence-electron chi connectivity index (χ2n) is 6.31. The summed E-state index contributed by atoms with van der Waals surface area (Å²) in [6, 6.07) is 4.38. The van der Waals surface area contributed by atoms with Gasteiger partial charge in [0.2, 0.25) is 0 Å². The van der Waals surface area contributed by atoms with Crippen molar-refractivity contribution in [3.8, 4) is 0 Å². The van der Waals surface area contributed by atoms with Gasteiger partial charge in [-0.1, -0.05) is 32.9 Å². The maximum absolute atomic E-state index is 5.87. The van der Waals surface area contributed by atoms with Crippen LogP contribution in [-0.2, 0) is 16.7 Å². The minimum absolute atomic E-state index is 0.0878. The Bertz CT molecular complexity index is 578. The van der Waals surface area contributed by atoms with Crippen LogP contribution in [0.4, 0.5) is 0 Å². The number of hydrogen-bond acceptors (Lipinski definition) is 3. The minimum Gasteiger partial charge on any atom is -0.464 e. The average Bonchev–Trinajstić information content (AvgIpc) is 2.78. The fourth-order valence-electron chi connectivity index (χ4n) is 2.51. The molecule has 1 aromatic heterocycles. The first-order valence-electron chi connectivity index (χ1n) is 7.15. The van der Waals surface area contributed by atoms with Gasteiger partial charge in [-0.15, -0.1) is 0 Å². The Balaban J connectivity index is 2.34. The quantitative estimate of drug-likeness (QED) is 0.843. The predicted molar refractivity (Wildman–Crippen MR) is 83.2 cm³/mol. The van der Waals surface area contributed by atoms with E-state index in [9.17, 15) is 0 Å². The highest BCUT2D eigenvalue weighted by Crippen LogP contribution is 2.34. The first-order chi connectivity index (χ1) is 9.45. The summed E-state index contributed by atoms with van der Waals surface area (Å²) in [4.78, 5) is 0. The summed E-state index contributed by atoms with van der Waals surface area (Å²) in [7, 11) is 1.72. The Morgan fingerprint density at radius 1 is 1.25 bits per heavy atom. The third-order valence-corrected chi connectivity index (χ3v) is 3.61. The zero-order valence-corrected chi connectivity index (χ0v) is 13.2. The SMILES string of the molecule is COCCNCc1coc2c(C(C)(C)C)ccc(C)c12. The zero-order chi connectivity index (χ0) is 14.8. The van der Waals surface area contributed by atoms with Gasteiger partial charge in [-0.3, -0.25) is 0 Å². The van der Waals surface area contributed by atoms with Gasteiger partial charge in [0.05, 0.1) is 12.9 Å². The van der Waals surface area contributed by atoms with Gasteiger partial charge >= 0.3 is 0 Å². The number of nitrogens with one attached hydrogen (secondary N) is 1. The monoisotopic (exact) mass is 275 g/mol. The van der Waals surface area contributed by atoms with Gasteiger partial charge in [0.25, 0.3) is 0 Å². The molecule has 2 rings (SSSR count). The molecule has 2 aromatic rings. The average molecular weight is 275 g/mol. The molecule has 0 unspecified atom stereocenters. The molecule has 0 saturated carbocycles.